The molecule has 0 spiro atoms. The number of benzene rings is 1. The van der Waals surface area contributed by atoms with Crippen molar-refractivity contribution < 1.29 is 4.74 Å². The van der Waals surface area contributed by atoms with Crippen molar-refractivity contribution in [2.24, 2.45) is 0 Å². The number of nitriles is 1. The van der Waals surface area contributed by atoms with Gasteiger partial charge in [-0.15, -0.1) is 0 Å². The molecule has 0 amide bonds. The van der Waals surface area contributed by atoms with Gasteiger partial charge in [0.15, 0.2) is 0 Å². The number of aromatic nitrogens is 1. The summed E-state index contributed by atoms with van der Waals surface area (Å²) in [6.07, 6.45) is 2.79. The Balaban J connectivity index is 1.76. The Labute approximate surface area is 147 Å². The van der Waals surface area contributed by atoms with Crippen molar-refractivity contribution in [3.05, 3.63) is 41.6 Å². The first-order valence-corrected chi connectivity index (χ1v) is 8.50. The van der Waals surface area contributed by atoms with Crippen LogP contribution in [0.4, 0.5) is 17.1 Å². The molecule has 6 nitrogen and oxygen atoms in total. The molecule has 2 N–H and O–H groups in total. The molecule has 0 bridgehead atoms. The van der Waals surface area contributed by atoms with Gasteiger partial charge in [0.25, 0.3) is 0 Å². The summed E-state index contributed by atoms with van der Waals surface area (Å²) in [6.45, 7) is 1.98. The van der Waals surface area contributed by atoms with E-state index < -0.39 is 0 Å². The third-order valence-corrected chi connectivity index (χ3v) is 5.20. The van der Waals surface area contributed by atoms with Crippen LogP contribution in [0.15, 0.2) is 30.5 Å². The zero-order valence-corrected chi connectivity index (χ0v) is 14.4. The minimum Gasteiger partial charge on any atom is -0.480 e. The maximum Gasteiger partial charge on any atom is 0.237 e. The smallest absolute Gasteiger partial charge is 0.237 e. The van der Waals surface area contributed by atoms with E-state index in [1.54, 1.807) is 13.3 Å². The Kier molecular flexibility index (Phi) is 3.94. The highest BCUT2D eigenvalue weighted by atomic mass is 16.5. The largest absolute Gasteiger partial charge is 0.480 e. The highest BCUT2D eigenvalue weighted by Gasteiger charge is 2.39. The van der Waals surface area contributed by atoms with Gasteiger partial charge in [-0.25, -0.2) is 4.98 Å². The summed E-state index contributed by atoms with van der Waals surface area (Å²) in [7, 11) is 3.71. The first-order valence-electron chi connectivity index (χ1n) is 8.50. The third kappa shape index (κ3) is 2.57. The molecule has 1 aromatic carbocycles. The molecule has 0 saturated carbocycles. The standard InChI is InChI=1S/C19H21N5O/c1-24-17-5-7-21-11-15(17)14-9-13(8-12(10-20)18(14)24)23-16-4-3-6-22-19(16)25-2/h3-4,6,8-9,15,17,21,23H,5,7,11H2,1-2H3/t15-,17-/m1/s1. The van der Waals surface area contributed by atoms with Gasteiger partial charge >= 0.3 is 0 Å². The number of pyridine rings is 1. The molecule has 25 heavy (non-hydrogen) atoms. The number of hydrogen-bond acceptors (Lipinski definition) is 6. The fourth-order valence-electron chi connectivity index (χ4n) is 4.09. The second-order valence-electron chi connectivity index (χ2n) is 6.54. The number of piperidine rings is 1. The molecule has 2 atom stereocenters. The summed E-state index contributed by atoms with van der Waals surface area (Å²) in [5.74, 6) is 0.953. The summed E-state index contributed by atoms with van der Waals surface area (Å²) >= 11 is 0. The van der Waals surface area contributed by atoms with Gasteiger partial charge in [0, 0.05) is 37.4 Å². The summed E-state index contributed by atoms with van der Waals surface area (Å²) < 4.78 is 5.31. The molecule has 1 fully saturated rings. The van der Waals surface area contributed by atoms with Crippen LogP contribution in [0.25, 0.3) is 0 Å². The molecule has 1 saturated heterocycles. The van der Waals surface area contributed by atoms with E-state index in [2.05, 4.69) is 39.7 Å². The topological polar surface area (TPSA) is 73.2 Å². The van der Waals surface area contributed by atoms with Gasteiger partial charge in [0.1, 0.15) is 11.8 Å². The van der Waals surface area contributed by atoms with Crippen molar-refractivity contribution >= 4 is 17.1 Å². The number of rotatable bonds is 3. The van der Waals surface area contributed by atoms with Gasteiger partial charge < -0.3 is 20.3 Å². The van der Waals surface area contributed by atoms with Crippen molar-refractivity contribution in [2.75, 3.05) is 37.5 Å². The minimum atomic E-state index is 0.415. The van der Waals surface area contributed by atoms with Crippen LogP contribution in [0.3, 0.4) is 0 Å². The summed E-state index contributed by atoms with van der Waals surface area (Å²) in [6, 6.07) is 10.7. The Morgan fingerprint density at radius 1 is 1.44 bits per heavy atom. The number of hydrogen-bond donors (Lipinski definition) is 2. The zero-order chi connectivity index (χ0) is 17.4. The number of methoxy groups -OCH3 is 1. The molecule has 2 aliphatic heterocycles. The first-order chi connectivity index (χ1) is 12.2. The second-order valence-corrected chi connectivity index (χ2v) is 6.54. The fourth-order valence-corrected chi connectivity index (χ4v) is 4.09. The molecule has 4 rings (SSSR count). The highest BCUT2D eigenvalue weighted by Crippen LogP contribution is 2.46. The second kappa shape index (κ2) is 6.26. The number of anilines is 3. The lowest BCUT2D eigenvalue weighted by atomic mass is 9.89. The molecule has 0 unspecified atom stereocenters. The molecule has 6 heteroatoms. The van der Waals surface area contributed by atoms with Gasteiger partial charge in [-0.1, -0.05) is 0 Å². The van der Waals surface area contributed by atoms with Crippen molar-refractivity contribution in [1.82, 2.24) is 10.3 Å². The van der Waals surface area contributed by atoms with Crippen molar-refractivity contribution in [3.8, 4) is 11.9 Å². The van der Waals surface area contributed by atoms with Crippen LogP contribution in [-0.2, 0) is 0 Å². The van der Waals surface area contributed by atoms with E-state index in [-0.39, 0.29) is 0 Å². The summed E-state index contributed by atoms with van der Waals surface area (Å²) in [5.41, 5.74) is 4.70. The SMILES string of the molecule is COc1ncccc1Nc1cc(C#N)c2c(c1)[C@H]1CNCC[C@H]1N2C. The quantitative estimate of drug-likeness (QED) is 0.898. The van der Waals surface area contributed by atoms with Gasteiger partial charge in [-0.05, 0) is 42.8 Å². The van der Waals surface area contributed by atoms with E-state index in [4.69, 9.17) is 4.74 Å². The molecular formula is C19H21N5O. The minimum absolute atomic E-state index is 0.415. The van der Waals surface area contributed by atoms with Crippen molar-refractivity contribution in [3.63, 3.8) is 0 Å². The fraction of sp³-hybridized carbons (Fsp3) is 0.368. The van der Waals surface area contributed by atoms with Crippen LogP contribution in [0.5, 0.6) is 5.88 Å². The monoisotopic (exact) mass is 335 g/mol. The normalized spacial score (nSPS) is 21.2. The molecule has 0 aliphatic carbocycles. The lowest BCUT2D eigenvalue weighted by Gasteiger charge is -2.31. The van der Waals surface area contributed by atoms with E-state index in [9.17, 15) is 5.26 Å². The van der Waals surface area contributed by atoms with Crippen LogP contribution in [0.1, 0.15) is 23.5 Å². The molecular weight excluding hydrogens is 314 g/mol. The van der Waals surface area contributed by atoms with Crippen molar-refractivity contribution in [2.45, 2.75) is 18.4 Å². The maximum absolute atomic E-state index is 9.69. The Bertz CT molecular complexity index is 844. The van der Waals surface area contributed by atoms with Crippen molar-refractivity contribution in [1.29, 1.82) is 5.26 Å². The van der Waals surface area contributed by atoms with E-state index in [0.29, 0.717) is 23.4 Å². The molecule has 0 radical (unpaired) electrons. The highest BCUT2D eigenvalue weighted by molar-refractivity contribution is 5.77. The number of nitrogens with one attached hydrogen (secondary N) is 2. The van der Waals surface area contributed by atoms with E-state index in [0.717, 1.165) is 36.6 Å². The predicted molar refractivity (Wildman–Crippen MR) is 97.6 cm³/mol. The average molecular weight is 335 g/mol. The maximum atomic E-state index is 9.69. The number of fused-ring (bicyclic) bond motifs is 3. The lowest BCUT2D eigenvalue weighted by molar-refractivity contribution is 0.400. The Morgan fingerprint density at radius 2 is 2.32 bits per heavy atom. The van der Waals surface area contributed by atoms with Crippen LogP contribution >= 0.6 is 0 Å². The van der Waals surface area contributed by atoms with Gasteiger partial charge in [-0.3, -0.25) is 0 Å². The molecule has 2 aromatic rings. The number of likely N-dealkylation sites (N-methyl/N-ethyl adjacent to an activating group) is 1. The molecule has 128 valence electrons. The van der Waals surface area contributed by atoms with Gasteiger partial charge in [0.05, 0.1) is 18.4 Å². The first kappa shape index (κ1) is 15.7. The number of ether oxygens (including phenoxy) is 1. The lowest BCUT2D eigenvalue weighted by Crippen LogP contribution is -2.42. The van der Waals surface area contributed by atoms with Crippen LogP contribution < -0.4 is 20.3 Å². The van der Waals surface area contributed by atoms with E-state index in [1.807, 2.05) is 18.2 Å². The molecule has 3 heterocycles. The molecule has 2 aliphatic rings. The van der Waals surface area contributed by atoms with Crippen LogP contribution in [0, 0.1) is 11.3 Å². The van der Waals surface area contributed by atoms with Gasteiger partial charge in [0.2, 0.25) is 5.88 Å². The Hall–Kier alpha value is -2.78. The third-order valence-electron chi connectivity index (χ3n) is 5.20. The van der Waals surface area contributed by atoms with Gasteiger partial charge in [-0.2, -0.15) is 5.26 Å². The van der Waals surface area contributed by atoms with E-state index in [1.165, 1.54) is 5.56 Å². The van der Waals surface area contributed by atoms with E-state index >= 15 is 0 Å². The molecule has 1 aromatic heterocycles. The predicted octanol–water partition coefficient (Wildman–Crippen LogP) is 2.60. The van der Waals surface area contributed by atoms with Crippen LogP contribution in [-0.4, -0.2) is 38.3 Å². The summed E-state index contributed by atoms with van der Waals surface area (Å²) in [4.78, 5) is 6.50. The number of nitrogens with zero attached hydrogens (tertiary/aromatic N) is 3. The average Bonchev–Trinajstić information content (AvgIpc) is 2.94. The van der Waals surface area contributed by atoms with Crippen LogP contribution in [0.2, 0.25) is 0 Å². The zero-order valence-electron chi connectivity index (χ0n) is 14.4. The summed E-state index contributed by atoms with van der Waals surface area (Å²) in [5, 5.41) is 16.5. The Morgan fingerprint density at radius 3 is 3.12 bits per heavy atom.